The lowest BCUT2D eigenvalue weighted by Gasteiger charge is -2.50. The molecule has 1 unspecified atom stereocenters. The highest BCUT2D eigenvalue weighted by Crippen LogP contribution is 2.40. The molecule has 0 bridgehead atoms. The summed E-state index contributed by atoms with van der Waals surface area (Å²) < 4.78 is 4.27. The number of oxime groups is 1. The second kappa shape index (κ2) is 11.0. The minimum absolute atomic E-state index is 0.0617. The Labute approximate surface area is 214 Å². The zero-order valence-electron chi connectivity index (χ0n) is 19.8. The Hall–Kier alpha value is -3.50. The Morgan fingerprint density at radius 2 is 2.14 bits per heavy atom. The van der Waals surface area contributed by atoms with Crippen molar-refractivity contribution in [3.8, 4) is 0 Å². The van der Waals surface area contributed by atoms with Gasteiger partial charge in [0.05, 0.1) is 31.8 Å². The van der Waals surface area contributed by atoms with Gasteiger partial charge in [-0.25, -0.2) is 0 Å². The number of anilines is 1. The molecule has 0 aliphatic carbocycles. The third-order valence-corrected chi connectivity index (χ3v) is 7.54. The molecule has 1 fully saturated rings. The molecule has 5 N–H and O–H groups in total. The van der Waals surface area contributed by atoms with Crippen LogP contribution in [0.15, 0.2) is 28.6 Å². The number of hydrogen-bond acceptors (Lipinski definition) is 12. The van der Waals surface area contributed by atoms with Crippen molar-refractivity contribution in [2.24, 2.45) is 10.9 Å². The Morgan fingerprint density at radius 1 is 1.42 bits per heavy atom. The van der Waals surface area contributed by atoms with Gasteiger partial charge in [0.1, 0.15) is 18.5 Å². The number of hydrogen-bond donors (Lipinski definition) is 3. The van der Waals surface area contributed by atoms with Crippen LogP contribution in [0.5, 0.6) is 0 Å². The van der Waals surface area contributed by atoms with E-state index in [4.69, 9.17) is 16.3 Å². The van der Waals surface area contributed by atoms with Crippen LogP contribution in [0.2, 0.25) is 0 Å². The molecule has 3 amide bonds. The fourth-order valence-electron chi connectivity index (χ4n) is 3.71. The Kier molecular flexibility index (Phi) is 8.31. The first kappa shape index (κ1) is 27.1. The molecule has 0 aromatic carbocycles. The van der Waals surface area contributed by atoms with E-state index in [9.17, 15) is 24.3 Å². The quantitative estimate of drug-likeness (QED) is 0.116. The van der Waals surface area contributed by atoms with Crippen LogP contribution in [-0.2, 0) is 24.0 Å². The fourth-order valence-corrected chi connectivity index (χ4v) is 5.46. The highest BCUT2D eigenvalue weighted by atomic mass is 32.2. The lowest BCUT2D eigenvalue weighted by atomic mass is 10.0. The van der Waals surface area contributed by atoms with Crippen molar-refractivity contribution in [3.05, 3.63) is 29.2 Å². The van der Waals surface area contributed by atoms with E-state index in [2.05, 4.69) is 19.8 Å². The summed E-state index contributed by atoms with van der Waals surface area (Å²) in [6.07, 6.45) is 3.36. The lowest BCUT2D eigenvalue weighted by Crippen LogP contribution is -2.71. The normalized spacial score (nSPS) is 21.6. The Balaban J connectivity index is 1.76. The van der Waals surface area contributed by atoms with E-state index in [1.165, 1.54) is 18.9 Å². The average Bonchev–Trinajstić information content (AvgIpc) is 3.25. The molecule has 0 saturated carbocycles. The highest BCUT2D eigenvalue weighted by molar-refractivity contribution is 8.00. The molecule has 1 aromatic heterocycles. The lowest BCUT2D eigenvalue weighted by molar-refractivity contribution is -0.894. The van der Waals surface area contributed by atoms with E-state index in [1.54, 1.807) is 12.2 Å². The Morgan fingerprint density at radius 3 is 2.69 bits per heavy atom. The molecule has 16 heteroatoms. The Bertz CT molecular complexity index is 1160. The zero-order chi connectivity index (χ0) is 26.6. The van der Waals surface area contributed by atoms with Gasteiger partial charge in [-0.3, -0.25) is 19.3 Å². The summed E-state index contributed by atoms with van der Waals surface area (Å²) in [7, 11) is 3.09. The van der Waals surface area contributed by atoms with Gasteiger partial charge in [0.25, 0.3) is 17.7 Å². The number of allylic oxidation sites excluding steroid dienone is 1. The molecular formula is C20H26N8O6S2. The average molecular weight is 539 g/mol. The van der Waals surface area contributed by atoms with Crippen LogP contribution in [0, 0.1) is 0 Å². The number of carboxylic acids is 1. The first-order valence-electron chi connectivity index (χ1n) is 10.7. The van der Waals surface area contributed by atoms with Crippen LogP contribution in [0.3, 0.4) is 0 Å². The number of nitrogens with one attached hydrogen (secondary N) is 1. The number of aromatic nitrogens is 2. The molecule has 3 heterocycles. The predicted molar refractivity (Wildman–Crippen MR) is 130 cm³/mol. The molecule has 2 aliphatic heterocycles. The maximum atomic E-state index is 12.9. The minimum Gasteiger partial charge on any atom is -0.543 e. The molecule has 0 radical (unpaired) electrons. The van der Waals surface area contributed by atoms with Crippen LogP contribution >= 0.6 is 23.3 Å². The van der Waals surface area contributed by atoms with Crippen molar-refractivity contribution >= 4 is 57.8 Å². The monoisotopic (exact) mass is 538 g/mol. The molecule has 14 nitrogen and oxygen atoms in total. The van der Waals surface area contributed by atoms with Crippen molar-refractivity contribution in [1.82, 2.24) is 19.6 Å². The maximum Gasteiger partial charge on any atom is 0.278 e. The van der Waals surface area contributed by atoms with Crippen LogP contribution in [0.1, 0.15) is 12.7 Å². The molecule has 1 aromatic rings. The van der Waals surface area contributed by atoms with Gasteiger partial charge < -0.3 is 36.0 Å². The zero-order valence-corrected chi connectivity index (χ0v) is 21.4. The number of primary amides is 1. The highest BCUT2D eigenvalue weighted by Gasteiger charge is 2.53. The number of thioether (sulfide) groups is 1. The molecular weight excluding hydrogens is 512 g/mol. The summed E-state index contributed by atoms with van der Waals surface area (Å²) in [5.41, 5.74) is 10.7. The molecule has 2 aliphatic rings. The smallest absolute Gasteiger partial charge is 0.278 e. The van der Waals surface area contributed by atoms with Crippen molar-refractivity contribution in [2.45, 2.75) is 18.3 Å². The summed E-state index contributed by atoms with van der Waals surface area (Å²) in [6, 6.07) is -1.00. The van der Waals surface area contributed by atoms with Crippen LogP contribution in [0.4, 0.5) is 5.13 Å². The number of likely N-dealkylation sites (N-methyl/N-ethyl adjacent to an activating group) is 1. The van der Waals surface area contributed by atoms with Gasteiger partial charge in [-0.2, -0.15) is 9.36 Å². The van der Waals surface area contributed by atoms with E-state index < -0.39 is 35.1 Å². The third-order valence-electron chi connectivity index (χ3n) is 5.70. The third kappa shape index (κ3) is 5.66. The summed E-state index contributed by atoms with van der Waals surface area (Å²) in [5, 5.41) is 17.6. The van der Waals surface area contributed by atoms with E-state index in [0.717, 1.165) is 16.4 Å². The number of rotatable bonds is 11. The number of β-lactam (4-membered cyclic amide) rings is 1. The summed E-state index contributed by atoms with van der Waals surface area (Å²) in [4.78, 5) is 58.7. The number of carboxylic acid groups (broad SMARTS) is 1. The molecule has 0 spiro atoms. The standard InChI is InChI=1S/C20H26N8O6S2/c1-4-28(2,8-11(21)29)7-5-6-10-9-35-18-13(17(31)27(18)14(10)19(32)33)23-16(30)12(25-34-3)15-24-20(22)36-26-15/h5-6,13,18H,4,7-9H2,1-3H3,(H5-,21,22,23,24,26,29,30,32,33)/b6-5+,25-12-/t13-,18-,28?/m1/s1. The summed E-state index contributed by atoms with van der Waals surface area (Å²) >= 11 is 2.15. The van der Waals surface area contributed by atoms with E-state index in [0.29, 0.717) is 23.1 Å². The number of aliphatic carboxylic acids is 1. The second-order valence-corrected chi connectivity index (χ2v) is 10.1. The van der Waals surface area contributed by atoms with Crippen molar-refractivity contribution < 1.29 is 33.6 Å². The number of nitrogens with zero attached hydrogens (tertiary/aromatic N) is 5. The fraction of sp³-hybridized carbons (Fsp3) is 0.450. The number of quaternary nitrogens is 1. The van der Waals surface area contributed by atoms with Gasteiger partial charge in [0, 0.05) is 17.3 Å². The minimum atomic E-state index is -1.51. The molecule has 1 saturated heterocycles. The number of fused-ring (bicyclic) bond motifs is 1. The number of nitrogens with two attached hydrogens (primary N) is 2. The number of nitrogen functional groups attached to an aromatic ring is 1. The molecule has 36 heavy (non-hydrogen) atoms. The van der Waals surface area contributed by atoms with Crippen LogP contribution in [0.25, 0.3) is 0 Å². The van der Waals surface area contributed by atoms with Crippen molar-refractivity contribution in [3.63, 3.8) is 0 Å². The van der Waals surface area contributed by atoms with E-state index >= 15 is 0 Å². The van der Waals surface area contributed by atoms with Crippen molar-refractivity contribution in [2.75, 3.05) is 45.3 Å². The topological polar surface area (TPSA) is 206 Å². The van der Waals surface area contributed by atoms with Gasteiger partial charge in [-0.05, 0) is 18.6 Å². The summed E-state index contributed by atoms with van der Waals surface area (Å²) in [6.45, 7) is 3.12. The van der Waals surface area contributed by atoms with Gasteiger partial charge in [-0.15, -0.1) is 11.8 Å². The second-order valence-electron chi connectivity index (χ2n) is 8.25. The van der Waals surface area contributed by atoms with Gasteiger partial charge in [0.2, 0.25) is 11.5 Å². The first-order valence-corrected chi connectivity index (χ1v) is 12.5. The van der Waals surface area contributed by atoms with Gasteiger partial charge >= 0.3 is 0 Å². The SMILES string of the molecule is CC[N+](C)(C/C=C/C1=C(C(=O)[O-])N2C(=O)[C@@H](NC(=O)/C(=N\OC)c3nsc(N)n3)[C@H]2SC1)CC(N)=O. The molecule has 3 rings (SSSR count). The van der Waals surface area contributed by atoms with Gasteiger partial charge in [-0.1, -0.05) is 11.2 Å². The number of carbonyl (C=O) groups is 4. The maximum absolute atomic E-state index is 12.9. The van der Waals surface area contributed by atoms with Gasteiger partial charge in [0.15, 0.2) is 11.7 Å². The van der Waals surface area contributed by atoms with Crippen molar-refractivity contribution in [1.29, 1.82) is 0 Å². The number of carbonyl (C=O) groups excluding carboxylic acids is 4. The number of amides is 3. The van der Waals surface area contributed by atoms with Crippen LogP contribution in [-0.4, -0.2) is 99.1 Å². The summed E-state index contributed by atoms with van der Waals surface area (Å²) in [5.74, 6) is -3.14. The van der Waals surface area contributed by atoms with E-state index in [-0.39, 0.29) is 34.7 Å². The predicted octanol–water partition coefficient (Wildman–Crippen LogP) is -2.62. The largest absolute Gasteiger partial charge is 0.543 e. The first-order chi connectivity index (χ1) is 17.0. The van der Waals surface area contributed by atoms with E-state index in [1.807, 2.05) is 14.0 Å². The van der Waals surface area contributed by atoms with Crippen LogP contribution < -0.4 is 21.9 Å². The molecule has 194 valence electrons. The molecule has 3 atom stereocenters.